The second-order valence-electron chi connectivity index (χ2n) is 6.84. The molecule has 144 valence electrons. The molecule has 1 saturated carbocycles. The van der Waals surface area contributed by atoms with Crippen LogP contribution in [0.4, 0.5) is 22.0 Å². The lowest BCUT2D eigenvalue weighted by Gasteiger charge is -2.33. The van der Waals surface area contributed by atoms with E-state index in [1.165, 1.54) is 13.0 Å². The maximum Gasteiger partial charge on any atom is 0.266 e. The summed E-state index contributed by atoms with van der Waals surface area (Å²) in [4.78, 5) is 7.24. The van der Waals surface area contributed by atoms with Crippen molar-refractivity contribution in [1.82, 2.24) is 0 Å². The van der Waals surface area contributed by atoms with E-state index in [4.69, 9.17) is 5.73 Å². The van der Waals surface area contributed by atoms with Crippen LogP contribution in [0.25, 0.3) is 0 Å². The van der Waals surface area contributed by atoms with Crippen LogP contribution < -0.4 is 5.73 Å². The summed E-state index contributed by atoms with van der Waals surface area (Å²) >= 11 is 0. The van der Waals surface area contributed by atoms with Gasteiger partial charge in [0.15, 0.2) is 17.8 Å². The van der Waals surface area contributed by atoms with Crippen LogP contribution in [0, 0.1) is 5.41 Å². The SMILES string of the molecule is CC1([C@@H]2C[C@H](F)C(N=C(N)S(=O)(=O)C3CC3(F)F)=N2)CC=CC(F)=C1F. The number of hydrogen-bond donors (Lipinski definition) is 1. The van der Waals surface area contributed by atoms with E-state index in [1.807, 2.05) is 0 Å². The van der Waals surface area contributed by atoms with E-state index in [9.17, 15) is 30.4 Å². The summed E-state index contributed by atoms with van der Waals surface area (Å²) in [6, 6.07) is -1.04. The fraction of sp³-hybridized carbons (Fsp3) is 0.600. The summed E-state index contributed by atoms with van der Waals surface area (Å²) in [6.45, 7) is 1.36. The van der Waals surface area contributed by atoms with Gasteiger partial charge < -0.3 is 5.73 Å². The molecule has 0 spiro atoms. The molecule has 1 aliphatic heterocycles. The Hall–Kier alpha value is -1.78. The molecule has 0 aromatic heterocycles. The average Bonchev–Trinajstić information content (AvgIpc) is 3.04. The molecule has 0 aromatic carbocycles. The number of allylic oxidation sites excluding steroid dienone is 3. The van der Waals surface area contributed by atoms with Gasteiger partial charge in [-0.05, 0) is 12.5 Å². The molecule has 0 aromatic rings. The van der Waals surface area contributed by atoms with Crippen molar-refractivity contribution >= 4 is 20.8 Å². The van der Waals surface area contributed by atoms with Crippen LogP contribution in [0.2, 0.25) is 0 Å². The van der Waals surface area contributed by atoms with Gasteiger partial charge in [0.1, 0.15) is 11.1 Å². The van der Waals surface area contributed by atoms with Crippen LogP contribution in [0.3, 0.4) is 0 Å². The number of aliphatic imine (C=N–C) groups is 2. The second kappa shape index (κ2) is 5.86. The van der Waals surface area contributed by atoms with E-state index in [2.05, 4.69) is 9.98 Å². The van der Waals surface area contributed by atoms with Gasteiger partial charge in [-0.1, -0.05) is 13.0 Å². The van der Waals surface area contributed by atoms with Crippen LogP contribution in [-0.4, -0.2) is 42.8 Å². The summed E-state index contributed by atoms with van der Waals surface area (Å²) in [5.41, 5.74) is 3.84. The molecule has 2 aliphatic carbocycles. The highest BCUT2D eigenvalue weighted by Crippen LogP contribution is 2.48. The van der Waals surface area contributed by atoms with Crippen molar-refractivity contribution in [2.24, 2.45) is 21.1 Å². The fourth-order valence-corrected chi connectivity index (χ4v) is 4.48. The molecule has 0 saturated heterocycles. The molecule has 1 heterocycles. The Morgan fingerprint density at radius 1 is 1.38 bits per heavy atom. The Morgan fingerprint density at radius 2 is 2.00 bits per heavy atom. The number of alkyl halides is 3. The number of halogens is 5. The number of nitrogens with two attached hydrogens (primary N) is 1. The standard InChI is InChI=1S/C15H16F5N3O2S/c1-14(4-2-3-7(16)11(14)18)9-5-8(17)12(22-9)23-13(21)26(24,25)10-6-15(10,19)20/h2-3,8-10H,4-6H2,1H3,(H2,21,22,23)/t8-,9-,10?,14?/m0/s1. The molecule has 26 heavy (non-hydrogen) atoms. The highest BCUT2D eigenvalue weighted by Gasteiger charge is 2.65. The molecule has 0 amide bonds. The van der Waals surface area contributed by atoms with Gasteiger partial charge in [0.05, 0.1) is 6.04 Å². The second-order valence-corrected chi connectivity index (χ2v) is 8.92. The average molecular weight is 397 g/mol. The smallest absolute Gasteiger partial charge is 0.266 e. The van der Waals surface area contributed by atoms with E-state index in [0.717, 1.165) is 6.08 Å². The summed E-state index contributed by atoms with van der Waals surface area (Å²) in [6.07, 6.45) is -0.687. The molecular weight excluding hydrogens is 381 g/mol. The van der Waals surface area contributed by atoms with Crippen molar-refractivity contribution in [1.29, 1.82) is 0 Å². The first-order chi connectivity index (χ1) is 11.9. The van der Waals surface area contributed by atoms with Crippen molar-refractivity contribution in [3.8, 4) is 0 Å². The van der Waals surface area contributed by atoms with Gasteiger partial charge in [-0.25, -0.2) is 35.4 Å². The Bertz CT molecular complexity index is 865. The minimum absolute atomic E-state index is 0.0617. The molecular formula is C15H16F5N3O2S. The maximum absolute atomic E-state index is 14.2. The van der Waals surface area contributed by atoms with Gasteiger partial charge in [0.2, 0.25) is 15.0 Å². The minimum atomic E-state index is -4.59. The molecule has 11 heteroatoms. The Labute approximate surface area is 146 Å². The molecule has 0 bridgehead atoms. The quantitative estimate of drug-likeness (QED) is 0.442. The minimum Gasteiger partial charge on any atom is -0.374 e. The third-order valence-corrected chi connectivity index (χ3v) is 6.85. The fourth-order valence-electron chi connectivity index (χ4n) is 3.07. The number of rotatable bonds is 2. The van der Waals surface area contributed by atoms with E-state index >= 15 is 0 Å². The molecule has 4 atom stereocenters. The van der Waals surface area contributed by atoms with Crippen molar-refractivity contribution in [2.75, 3.05) is 0 Å². The molecule has 3 rings (SSSR count). The zero-order valence-electron chi connectivity index (χ0n) is 13.6. The number of hydrogen-bond acceptors (Lipinski definition) is 4. The zero-order valence-corrected chi connectivity index (χ0v) is 14.4. The topological polar surface area (TPSA) is 84.9 Å². The number of sulfone groups is 1. The Kier molecular flexibility index (Phi) is 4.28. The Morgan fingerprint density at radius 3 is 2.58 bits per heavy atom. The third kappa shape index (κ3) is 2.95. The van der Waals surface area contributed by atoms with Crippen LogP contribution in [0.15, 0.2) is 33.8 Å². The first-order valence-electron chi connectivity index (χ1n) is 7.79. The predicted molar refractivity (Wildman–Crippen MR) is 85.7 cm³/mol. The maximum atomic E-state index is 14.2. The number of nitrogens with zero attached hydrogens (tertiary/aromatic N) is 2. The molecule has 2 N–H and O–H groups in total. The van der Waals surface area contributed by atoms with Crippen molar-refractivity contribution in [2.45, 2.75) is 49.6 Å². The highest BCUT2D eigenvalue weighted by molar-refractivity contribution is 8.07. The first kappa shape index (κ1) is 19.0. The van der Waals surface area contributed by atoms with Crippen LogP contribution in [-0.2, 0) is 9.84 Å². The predicted octanol–water partition coefficient (Wildman–Crippen LogP) is 2.75. The van der Waals surface area contributed by atoms with Gasteiger partial charge in [-0.15, -0.1) is 0 Å². The van der Waals surface area contributed by atoms with Gasteiger partial charge in [0, 0.05) is 18.3 Å². The Balaban J connectivity index is 1.88. The lowest BCUT2D eigenvalue weighted by Crippen LogP contribution is -2.32. The first-order valence-corrected chi connectivity index (χ1v) is 9.34. The molecule has 3 aliphatic rings. The molecule has 1 fully saturated rings. The van der Waals surface area contributed by atoms with Gasteiger partial charge in [-0.3, -0.25) is 4.99 Å². The molecule has 0 radical (unpaired) electrons. The normalized spacial score (nSPS) is 37.1. The van der Waals surface area contributed by atoms with Crippen LogP contribution >= 0.6 is 0 Å². The largest absolute Gasteiger partial charge is 0.374 e. The highest BCUT2D eigenvalue weighted by atomic mass is 32.2. The molecule has 2 unspecified atom stereocenters. The van der Waals surface area contributed by atoms with Gasteiger partial charge in [0.25, 0.3) is 5.92 Å². The third-order valence-electron chi connectivity index (χ3n) is 4.91. The summed E-state index contributed by atoms with van der Waals surface area (Å²) in [5, 5.41) is -3.14. The van der Waals surface area contributed by atoms with E-state index in [1.54, 1.807) is 0 Å². The molecule has 5 nitrogen and oxygen atoms in total. The lowest BCUT2D eigenvalue weighted by molar-refractivity contribution is 0.121. The summed E-state index contributed by atoms with van der Waals surface area (Å²) in [7, 11) is -4.59. The van der Waals surface area contributed by atoms with Crippen molar-refractivity contribution in [3.05, 3.63) is 23.8 Å². The van der Waals surface area contributed by atoms with Crippen LogP contribution in [0.5, 0.6) is 0 Å². The van der Waals surface area contributed by atoms with Crippen molar-refractivity contribution in [3.63, 3.8) is 0 Å². The van der Waals surface area contributed by atoms with Gasteiger partial charge >= 0.3 is 0 Å². The van der Waals surface area contributed by atoms with E-state index in [0.29, 0.717) is 0 Å². The summed E-state index contributed by atoms with van der Waals surface area (Å²) < 4.78 is 91.8. The zero-order chi connectivity index (χ0) is 19.5. The van der Waals surface area contributed by atoms with Crippen molar-refractivity contribution < 1.29 is 30.4 Å². The van der Waals surface area contributed by atoms with Gasteiger partial charge in [-0.2, -0.15) is 0 Å². The van der Waals surface area contributed by atoms with Crippen LogP contribution in [0.1, 0.15) is 26.2 Å². The summed E-state index contributed by atoms with van der Waals surface area (Å²) in [5.74, 6) is -6.17. The lowest BCUT2D eigenvalue weighted by atomic mass is 9.75. The monoisotopic (exact) mass is 397 g/mol. The van der Waals surface area contributed by atoms with E-state index < -0.39 is 67.7 Å². The van der Waals surface area contributed by atoms with E-state index in [-0.39, 0.29) is 12.8 Å². The number of amidine groups is 2.